The summed E-state index contributed by atoms with van der Waals surface area (Å²) >= 11 is 6.23. The number of halogens is 1. The summed E-state index contributed by atoms with van der Waals surface area (Å²) in [6, 6.07) is 3.34. The molecule has 4 N–H and O–H groups in total. The number of allylic oxidation sites excluding steroid dienone is 2. The number of carbonyl (C=O) groups excluding carboxylic acids is 5. The molecule has 3 aliphatic rings. The molecule has 1 aromatic carbocycles. The van der Waals surface area contributed by atoms with Gasteiger partial charge in [0.2, 0.25) is 11.8 Å². The number of urea groups is 1. The van der Waals surface area contributed by atoms with Crippen LogP contribution in [0.15, 0.2) is 41.0 Å². The number of hydrogen-bond acceptors (Lipinski definition) is 6. The number of fused-ring (bicyclic) bond motifs is 1. The first-order chi connectivity index (χ1) is 17.9. The van der Waals surface area contributed by atoms with Gasteiger partial charge >= 0.3 is 12.1 Å². The number of carbonyl (C=O) groups is 5. The first-order valence-corrected chi connectivity index (χ1v) is 12.6. The number of nitrogens with one attached hydrogen (secondary N) is 4. The third-order valence-electron chi connectivity index (χ3n) is 6.14. The maximum absolute atomic E-state index is 12.8. The normalized spacial score (nSPS) is 21.2. The van der Waals surface area contributed by atoms with Crippen LogP contribution in [0.2, 0.25) is 0 Å². The van der Waals surface area contributed by atoms with Gasteiger partial charge in [-0.15, -0.1) is 0 Å². The van der Waals surface area contributed by atoms with Crippen LogP contribution < -0.4 is 21.3 Å². The van der Waals surface area contributed by atoms with E-state index in [1.807, 2.05) is 0 Å². The zero-order chi connectivity index (χ0) is 27.6. The number of amides is 6. The molecular weight excluding hydrogens is 514 g/mol. The lowest BCUT2D eigenvalue weighted by molar-refractivity contribution is -0.136. The maximum Gasteiger partial charge on any atom is 0.407 e. The van der Waals surface area contributed by atoms with Gasteiger partial charge in [0.1, 0.15) is 11.6 Å². The average molecular weight is 544 g/mol. The van der Waals surface area contributed by atoms with Gasteiger partial charge in [0.15, 0.2) is 0 Å². The predicted octanol–water partition coefficient (Wildman–Crippen LogP) is 2.92. The van der Waals surface area contributed by atoms with Gasteiger partial charge in [-0.05, 0) is 75.1 Å². The van der Waals surface area contributed by atoms with Gasteiger partial charge in [0, 0.05) is 35.8 Å². The number of hydrogen-bond donors (Lipinski definition) is 4. The lowest BCUT2D eigenvalue weighted by Crippen LogP contribution is -2.52. The van der Waals surface area contributed by atoms with Crippen LogP contribution in [-0.4, -0.2) is 59.0 Å². The van der Waals surface area contributed by atoms with Gasteiger partial charge < -0.3 is 25.6 Å². The summed E-state index contributed by atoms with van der Waals surface area (Å²) in [5, 5.41) is 11.0. The summed E-state index contributed by atoms with van der Waals surface area (Å²) in [4.78, 5) is 62.6. The molecule has 1 fully saturated rings. The smallest absolute Gasteiger partial charge is 0.407 e. The zero-order valence-corrected chi connectivity index (χ0v) is 22.1. The fraction of sp³-hybridized carbons (Fsp3) is 0.423. The van der Waals surface area contributed by atoms with E-state index in [2.05, 4.69) is 21.3 Å². The van der Waals surface area contributed by atoms with Crippen molar-refractivity contribution in [1.29, 1.82) is 0 Å². The van der Waals surface area contributed by atoms with Crippen molar-refractivity contribution >= 4 is 47.1 Å². The van der Waals surface area contributed by atoms with E-state index in [9.17, 15) is 24.0 Å². The molecule has 12 heteroatoms. The second-order valence-electron chi connectivity index (χ2n) is 10.4. The Morgan fingerprint density at radius 2 is 1.97 bits per heavy atom. The highest BCUT2D eigenvalue weighted by molar-refractivity contribution is 6.31. The van der Waals surface area contributed by atoms with Crippen molar-refractivity contribution in [2.24, 2.45) is 0 Å². The third-order valence-corrected chi connectivity index (χ3v) is 6.38. The van der Waals surface area contributed by atoms with Crippen LogP contribution in [0.3, 0.4) is 0 Å². The van der Waals surface area contributed by atoms with Gasteiger partial charge in [-0.2, -0.15) is 0 Å². The Hall–Kier alpha value is -3.86. The molecule has 2 heterocycles. The minimum atomic E-state index is -0.706. The summed E-state index contributed by atoms with van der Waals surface area (Å²) in [6.07, 6.45) is 3.80. The van der Waals surface area contributed by atoms with E-state index >= 15 is 0 Å². The van der Waals surface area contributed by atoms with E-state index < -0.39 is 35.7 Å². The van der Waals surface area contributed by atoms with Crippen molar-refractivity contribution in [3.8, 4) is 0 Å². The van der Waals surface area contributed by atoms with E-state index in [-0.39, 0.29) is 37.7 Å². The Bertz CT molecular complexity index is 1250. The van der Waals surface area contributed by atoms with Crippen molar-refractivity contribution in [2.75, 3.05) is 11.9 Å². The van der Waals surface area contributed by atoms with Crippen LogP contribution in [0, 0.1) is 0 Å². The molecule has 1 aliphatic carbocycles. The van der Waals surface area contributed by atoms with E-state index in [0.29, 0.717) is 28.3 Å². The average Bonchev–Trinajstić information content (AvgIpc) is 3.11. The van der Waals surface area contributed by atoms with Crippen molar-refractivity contribution < 1.29 is 28.7 Å². The van der Waals surface area contributed by atoms with E-state index in [1.54, 1.807) is 51.1 Å². The van der Waals surface area contributed by atoms with Gasteiger partial charge in [0.25, 0.3) is 5.91 Å². The van der Waals surface area contributed by atoms with E-state index in [1.165, 1.54) is 4.90 Å². The lowest BCUT2D eigenvalue weighted by atomic mass is 10.0. The molecule has 0 spiro atoms. The topological polar surface area (TPSA) is 146 Å². The highest BCUT2D eigenvalue weighted by Gasteiger charge is 2.39. The number of ether oxygens (including phenoxy) is 1. The highest BCUT2D eigenvalue weighted by atomic mass is 35.5. The quantitative estimate of drug-likeness (QED) is 0.420. The molecule has 38 heavy (non-hydrogen) atoms. The molecule has 1 aromatic rings. The number of imide groups is 1. The SMILES string of the molecule is CC(C)(C)OC(=O)NCC1=CC(Cl)=CC(NC(=O)Nc2ccc3c(c2)CN(C2CCC(=O)NC2=O)C3=O)C1. The largest absolute Gasteiger partial charge is 0.444 e. The molecule has 202 valence electrons. The third kappa shape index (κ3) is 6.71. The molecule has 2 atom stereocenters. The Kier molecular flexibility index (Phi) is 7.77. The van der Waals surface area contributed by atoms with Gasteiger partial charge in [-0.1, -0.05) is 11.6 Å². The Morgan fingerprint density at radius 3 is 2.68 bits per heavy atom. The Labute approximate surface area is 225 Å². The van der Waals surface area contributed by atoms with Crippen molar-refractivity contribution in [3.63, 3.8) is 0 Å². The molecule has 0 saturated carbocycles. The Balaban J connectivity index is 1.32. The standard InChI is InChI=1S/C26H30ClN5O6/c1-26(2,3)38-25(37)28-12-14-8-16(27)11-18(9-14)30-24(36)29-17-4-5-19-15(10-17)13-32(23(19)35)20-6-7-21(33)31-22(20)34/h4-5,8,10-11,18,20H,6-7,9,12-13H2,1-3H3,(H,28,37)(H2,29,30,36)(H,31,33,34). The number of rotatable bonds is 5. The number of piperidine rings is 1. The molecule has 1 saturated heterocycles. The lowest BCUT2D eigenvalue weighted by Gasteiger charge is -2.29. The molecule has 6 amide bonds. The number of benzene rings is 1. The summed E-state index contributed by atoms with van der Waals surface area (Å²) in [6.45, 7) is 5.76. The second kappa shape index (κ2) is 10.9. The summed E-state index contributed by atoms with van der Waals surface area (Å²) in [5.74, 6) is -1.11. The van der Waals surface area contributed by atoms with E-state index in [0.717, 1.165) is 5.57 Å². The molecule has 11 nitrogen and oxygen atoms in total. The van der Waals surface area contributed by atoms with Crippen molar-refractivity contribution in [1.82, 2.24) is 20.9 Å². The number of anilines is 1. The first-order valence-electron chi connectivity index (χ1n) is 12.3. The predicted molar refractivity (Wildman–Crippen MR) is 139 cm³/mol. The molecule has 0 radical (unpaired) electrons. The second-order valence-corrected chi connectivity index (χ2v) is 10.8. The molecule has 2 aliphatic heterocycles. The van der Waals surface area contributed by atoms with Crippen LogP contribution in [0.4, 0.5) is 15.3 Å². The minimum absolute atomic E-state index is 0.178. The van der Waals surface area contributed by atoms with Crippen LogP contribution in [-0.2, 0) is 20.9 Å². The van der Waals surface area contributed by atoms with Crippen molar-refractivity contribution in [2.45, 2.75) is 64.3 Å². The molecular formula is C26H30ClN5O6. The maximum atomic E-state index is 12.8. The molecule has 2 unspecified atom stereocenters. The first kappa shape index (κ1) is 27.2. The monoisotopic (exact) mass is 543 g/mol. The Morgan fingerprint density at radius 1 is 1.21 bits per heavy atom. The van der Waals surface area contributed by atoms with Crippen LogP contribution in [0.1, 0.15) is 56.0 Å². The summed E-state index contributed by atoms with van der Waals surface area (Å²) in [5.41, 5.74) is 1.82. The van der Waals surface area contributed by atoms with Gasteiger partial charge in [-0.25, -0.2) is 9.59 Å². The highest BCUT2D eigenvalue weighted by Crippen LogP contribution is 2.29. The van der Waals surface area contributed by atoms with E-state index in [4.69, 9.17) is 16.3 Å². The number of nitrogens with zero attached hydrogens (tertiary/aromatic N) is 1. The van der Waals surface area contributed by atoms with Gasteiger partial charge in [0.05, 0.1) is 6.04 Å². The zero-order valence-electron chi connectivity index (χ0n) is 21.4. The summed E-state index contributed by atoms with van der Waals surface area (Å²) in [7, 11) is 0. The number of alkyl carbamates (subject to hydrolysis) is 1. The van der Waals surface area contributed by atoms with Gasteiger partial charge in [-0.3, -0.25) is 19.7 Å². The molecule has 0 bridgehead atoms. The van der Waals surface area contributed by atoms with Crippen LogP contribution in [0.5, 0.6) is 0 Å². The fourth-order valence-corrected chi connectivity index (χ4v) is 4.85. The molecule has 0 aromatic heterocycles. The fourth-order valence-electron chi connectivity index (χ4n) is 4.54. The minimum Gasteiger partial charge on any atom is -0.444 e. The molecule has 4 rings (SSSR count). The van der Waals surface area contributed by atoms with Crippen LogP contribution >= 0.6 is 11.6 Å². The summed E-state index contributed by atoms with van der Waals surface area (Å²) < 4.78 is 5.24. The van der Waals surface area contributed by atoms with Crippen LogP contribution in [0.25, 0.3) is 0 Å². The van der Waals surface area contributed by atoms with Crippen molar-refractivity contribution in [3.05, 3.63) is 52.1 Å².